The van der Waals surface area contributed by atoms with E-state index in [0.717, 1.165) is 40.8 Å². The highest BCUT2D eigenvalue weighted by atomic mass is 16.1. The highest BCUT2D eigenvalue weighted by Gasteiger charge is 2.51. The van der Waals surface area contributed by atoms with Gasteiger partial charge in [0.05, 0.1) is 5.56 Å². The zero-order valence-corrected chi connectivity index (χ0v) is 14.4. The standard InChI is InChI=1S/C21H26N2O/c1-2-23-13-18(17-5-3-4-6-19(17)23)20(24)22-21-10-14-7-15(11-21)9-16(8-14)12-21/h3-6,13-16H,2,7-12H2,1H3,(H,22,24). The molecule has 4 fully saturated rings. The van der Waals surface area contributed by atoms with Gasteiger partial charge in [-0.1, -0.05) is 18.2 Å². The number of aryl methyl sites for hydroxylation is 1. The Bertz CT molecular complexity index is 768. The predicted octanol–water partition coefficient (Wildman–Crippen LogP) is 4.36. The fraction of sp³-hybridized carbons (Fsp3) is 0.571. The largest absolute Gasteiger partial charge is 0.347 e. The van der Waals surface area contributed by atoms with E-state index in [4.69, 9.17) is 0 Å². The second kappa shape index (κ2) is 5.11. The minimum Gasteiger partial charge on any atom is -0.347 e. The van der Waals surface area contributed by atoms with Crippen LogP contribution in [-0.4, -0.2) is 16.0 Å². The van der Waals surface area contributed by atoms with Gasteiger partial charge in [-0.2, -0.15) is 0 Å². The predicted molar refractivity (Wildman–Crippen MR) is 96.0 cm³/mol. The van der Waals surface area contributed by atoms with Gasteiger partial charge >= 0.3 is 0 Å². The van der Waals surface area contributed by atoms with Gasteiger partial charge in [0, 0.05) is 29.2 Å². The number of carbonyl (C=O) groups excluding carboxylic acids is 1. The molecule has 3 nitrogen and oxygen atoms in total. The number of hydrogen-bond donors (Lipinski definition) is 1. The van der Waals surface area contributed by atoms with E-state index in [9.17, 15) is 4.79 Å². The fourth-order valence-corrected chi connectivity index (χ4v) is 6.26. The van der Waals surface area contributed by atoms with Crippen molar-refractivity contribution in [3.05, 3.63) is 36.0 Å². The first-order valence-corrected chi connectivity index (χ1v) is 9.56. The second-order valence-electron chi connectivity index (χ2n) is 8.50. The molecule has 1 amide bonds. The Morgan fingerprint density at radius 2 is 1.75 bits per heavy atom. The third-order valence-corrected chi connectivity index (χ3v) is 6.79. The third kappa shape index (κ3) is 2.13. The Balaban J connectivity index is 1.47. The normalized spacial score (nSPS) is 34.0. The Morgan fingerprint density at radius 1 is 1.12 bits per heavy atom. The molecule has 0 radical (unpaired) electrons. The van der Waals surface area contributed by atoms with Crippen molar-refractivity contribution in [3.63, 3.8) is 0 Å². The van der Waals surface area contributed by atoms with Crippen molar-refractivity contribution >= 4 is 16.8 Å². The van der Waals surface area contributed by atoms with E-state index < -0.39 is 0 Å². The van der Waals surface area contributed by atoms with Crippen LogP contribution < -0.4 is 5.32 Å². The van der Waals surface area contributed by atoms with Crippen LogP contribution in [0.4, 0.5) is 0 Å². The highest BCUT2D eigenvalue weighted by Crippen LogP contribution is 2.55. The number of hydrogen-bond acceptors (Lipinski definition) is 1. The number of benzene rings is 1. The summed E-state index contributed by atoms with van der Waals surface area (Å²) < 4.78 is 2.18. The van der Waals surface area contributed by atoms with Gasteiger partial charge < -0.3 is 9.88 Å². The molecule has 126 valence electrons. The monoisotopic (exact) mass is 322 g/mol. The molecule has 3 heteroatoms. The van der Waals surface area contributed by atoms with Gasteiger partial charge in [-0.15, -0.1) is 0 Å². The molecular formula is C21H26N2O. The Kier molecular flexibility index (Phi) is 3.10. The van der Waals surface area contributed by atoms with Crippen molar-refractivity contribution < 1.29 is 4.79 Å². The molecule has 4 saturated carbocycles. The topological polar surface area (TPSA) is 34.0 Å². The van der Waals surface area contributed by atoms with Crippen LogP contribution in [0.15, 0.2) is 30.5 Å². The molecule has 1 N–H and O–H groups in total. The molecule has 0 spiro atoms. The fourth-order valence-electron chi connectivity index (χ4n) is 6.26. The lowest BCUT2D eigenvalue weighted by molar-refractivity contribution is -0.0166. The van der Waals surface area contributed by atoms with E-state index in [1.165, 1.54) is 38.5 Å². The summed E-state index contributed by atoms with van der Waals surface area (Å²) in [4.78, 5) is 13.1. The van der Waals surface area contributed by atoms with Crippen LogP contribution in [0.5, 0.6) is 0 Å². The Hall–Kier alpha value is -1.77. The van der Waals surface area contributed by atoms with E-state index in [0.29, 0.717) is 0 Å². The summed E-state index contributed by atoms with van der Waals surface area (Å²) in [5.74, 6) is 2.70. The molecule has 1 aromatic heterocycles. The number of amides is 1. The maximum atomic E-state index is 13.1. The maximum absolute atomic E-state index is 13.1. The number of carbonyl (C=O) groups is 1. The summed E-state index contributed by atoms with van der Waals surface area (Å²) in [6, 6.07) is 8.27. The first-order chi connectivity index (χ1) is 11.7. The van der Waals surface area contributed by atoms with Crippen molar-refractivity contribution in [1.29, 1.82) is 0 Å². The lowest BCUT2D eigenvalue weighted by atomic mass is 9.53. The average Bonchev–Trinajstić information content (AvgIpc) is 2.92. The van der Waals surface area contributed by atoms with Crippen molar-refractivity contribution in [3.8, 4) is 0 Å². The van der Waals surface area contributed by atoms with E-state index >= 15 is 0 Å². The average molecular weight is 322 g/mol. The molecule has 0 atom stereocenters. The summed E-state index contributed by atoms with van der Waals surface area (Å²) in [7, 11) is 0. The molecule has 4 aliphatic carbocycles. The maximum Gasteiger partial charge on any atom is 0.253 e. The molecule has 1 aromatic carbocycles. The van der Waals surface area contributed by atoms with Gasteiger partial charge in [-0.3, -0.25) is 4.79 Å². The van der Waals surface area contributed by atoms with Crippen LogP contribution in [0, 0.1) is 17.8 Å². The minimum absolute atomic E-state index is 0.0846. The van der Waals surface area contributed by atoms with Crippen molar-refractivity contribution in [2.75, 3.05) is 0 Å². The zero-order chi connectivity index (χ0) is 16.3. The smallest absolute Gasteiger partial charge is 0.253 e. The lowest BCUT2D eigenvalue weighted by Crippen LogP contribution is -2.59. The Labute approximate surface area is 143 Å². The summed E-state index contributed by atoms with van der Waals surface area (Å²) in [5.41, 5.74) is 2.10. The number of rotatable bonds is 3. The molecule has 0 aliphatic heterocycles. The molecule has 4 aliphatic rings. The van der Waals surface area contributed by atoms with Crippen LogP contribution >= 0.6 is 0 Å². The first-order valence-electron chi connectivity index (χ1n) is 9.56. The lowest BCUT2D eigenvalue weighted by Gasteiger charge is -2.56. The highest BCUT2D eigenvalue weighted by molar-refractivity contribution is 6.07. The molecule has 0 unspecified atom stereocenters. The van der Waals surface area contributed by atoms with Gasteiger partial charge in [-0.25, -0.2) is 0 Å². The number of aromatic nitrogens is 1. The van der Waals surface area contributed by atoms with Gasteiger partial charge in [0.1, 0.15) is 0 Å². The summed E-state index contributed by atoms with van der Waals surface area (Å²) >= 11 is 0. The SMILES string of the molecule is CCn1cc(C(=O)NC23CC4CC(CC(C4)C2)C3)c2ccccc21. The summed E-state index contributed by atoms with van der Waals surface area (Å²) in [6.07, 6.45) is 9.88. The van der Waals surface area contributed by atoms with Crippen LogP contribution in [0.25, 0.3) is 10.9 Å². The van der Waals surface area contributed by atoms with Crippen LogP contribution in [0.2, 0.25) is 0 Å². The minimum atomic E-state index is 0.0846. The van der Waals surface area contributed by atoms with Gasteiger partial charge in [0.15, 0.2) is 0 Å². The van der Waals surface area contributed by atoms with E-state index in [2.05, 4.69) is 35.0 Å². The van der Waals surface area contributed by atoms with Crippen LogP contribution in [0.3, 0.4) is 0 Å². The number of nitrogens with zero attached hydrogens (tertiary/aromatic N) is 1. The summed E-state index contributed by atoms with van der Waals surface area (Å²) in [5, 5.41) is 4.60. The van der Waals surface area contributed by atoms with Gasteiger partial charge in [0.25, 0.3) is 5.91 Å². The van der Waals surface area contributed by atoms with E-state index in [1.807, 2.05) is 12.3 Å². The quantitative estimate of drug-likeness (QED) is 0.895. The number of para-hydroxylation sites is 1. The zero-order valence-electron chi connectivity index (χ0n) is 14.4. The molecule has 1 heterocycles. The van der Waals surface area contributed by atoms with E-state index in [-0.39, 0.29) is 11.4 Å². The van der Waals surface area contributed by atoms with Crippen LogP contribution in [-0.2, 0) is 6.54 Å². The molecule has 2 aromatic rings. The number of fused-ring (bicyclic) bond motifs is 1. The van der Waals surface area contributed by atoms with Gasteiger partial charge in [-0.05, 0) is 69.3 Å². The molecular weight excluding hydrogens is 296 g/mol. The summed E-state index contributed by atoms with van der Waals surface area (Å²) in [6.45, 7) is 3.03. The van der Waals surface area contributed by atoms with Gasteiger partial charge in [0.2, 0.25) is 0 Å². The molecule has 24 heavy (non-hydrogen) atoms. The Morgan fingerprint density at radius 3 is 2.38 bits per heavy atom. The van der Waals surface area contributed by atoms with E-state index in [1.54, 1.807) is 0 Å². The van der Waals surface area contributed by atoms with Crippen molar-refractivity contribution in [2.45, 2.75) is 57.5 Å². The van der Waals surface area contributed by atoms with Crippen molar-refractivity contribution in [2.24, 2.45) is 17.8 Å². The molecule has 6 rings (SSSR count). The second-order valence-corrected chi connectivity index (χ2v) is 8.50. The van der Waals surface area contributed by atoms with Crippen molar-refractivity contribution in [1.82, 2.24) is 9.88 Å². The molecule has 4 bridgehead atoms. The third-order valence-electron chi connectivity index (χ3n) is 6.79. The molecule has 0 saturated heterocycles. The first kappa shape index (κ1) is 14.6. The van der Waals surface area contributed by atoms with Crippen LogP contribution in [0.1, 0.15) is 55.8 Å². The number of nitrogens with one attached hydrogen (secondary N) is 1.